The third-order valence-electron chi connectivity index (χ3n) is 15.1. The molecule has 328 valence electrons. The summed E-state index contributed by atoms with van der Waals surface area (Å²) >= 11 is 1.84. The predicted molar refractivity (Wildman–Crippen MR) is 300 cm³/mol. The summed E-state index contributed by atoms with van der Waals surface area (Å²) in [7, 11) is -2.24. The molecule has 0 aliphatic carbocycles. The molecule has 5 heterocycles. The number of nitrogens with zero attached hydrogens (tertiary/aromatic N) is 4. The summed E-state index contributed by atoms with van der Waals surface area (Å²) in [6, 6.07) is 80.1. The van der Waals surface area contributed by atoms with Gasteiger partial charge in [0.1, 0.15) is 8.07 Å². The average Bonchev–Trinajstić information content (AvgIpc) is 4.13. The molecule has 0 spiro atoms. The van der Waals surface area contributed by atoms with Crippen LogP contribution in [0.5, 0.6) is 0 Å². The number of fused-ring (bicyclic) bond motifs is 15. The topological polar surface area (TPSA) is 35.6 Å². The molecule has 70 heavy (non-hydrogen) atoms. The van der Waals surface area contributed by atoms with Crippen LogP contribution in [0.2, 0.25) is 13.1 Å². The van der Waals surface area contributed by atoms with Gasteiger partial charge in [0.05, 0.1) is 33.5 Å². The van der Waals surface area contributed by atoms with Crippen molar-refractivity contribution in [1.29, 1.82) is 0 Å². The Morgan fingerprint density at radius 1 is 0.386 bits per heavy atom. The summed E-state index contributed by atoms with van der Waals surface area (Å²) in [4.78, 5) is 11.5. The Balaban J connectivity index is 1.07. The summed E-state index contributed by atoms with van der Waals surface area (Å²) < 4.78 is 7.34. The number of para-hydroxylation sites is 4. The van der Waals surface area contributed by atoms with Crippen molar-refractivity contribution in [3.05, 3.63) is 218 Å². The van der Waals surface area contributed by atoms with Gasteiger partial charge >= 0.3 is 0 Å². The molecule has 0 saturated carbocycles. The van der Waals surface area contributed by atoms with Gasteiger partial charge in [0.2, 0.25) is 0 Å². The van der Waals surface area contributed by atoms with Gasteiger partial charge in [0.25, 0.3) is 0 Å². The molecule has 14 aromatic rings. The Kier molecular flexibility index (Phi) is 8.36. The van der Waals surface area contributed by atoms with E-state index < -0.39 is 8.07 Å². The smallest absolute Gasteiger partial charge is 0.161 e. The monoisotopic (exact) mass is 926 g/mol. The predicted octanol–water partition coefficient (Wildman–Crippen LogP) is 16.0. The van der Waals surface area contributed by atoms with Crippen LogP contribution in [0.15, 0.2) is 218 Å². The number of hydrogen-bond donors (Lipinski definition) is 0. The highest BCUT2D eigenvalue weighted by Gasteiger charge is 2.40. The maximum Gasteiger partial charge on any atom is 0.161 e. The van der Waals surface area contributed by atoms with Gasteiger partial charge in [0, 0.05) is 69.8 Å². The van der Waals surface area contributed by atoms with Gasteiger partial charge in [-0.05, 0) is 99.0 Å². The fraction of sp³-hybridized carbons (Fsp3) is 0.0312. The Morgan fingerprint density at radius 3 is 1.80 bits per heavy atom. The van der Waals surface area contributed by atoms with Crippen LogP contribution in [0.1, 0.15) is 0 Å². The molecule has 0 amide bonds. The Bertz CT molecular complexity index is 4500. The second kappa shape index (κ2) is 14.8. The van der Waals surface area contributed by atoms with Gasteiger partial charge in [-0.1, -0.05) is 165 Å². The molecular formula is C64H42N4SSi. The third-order valence-corrected chi connectivity index (χ3v) is 19.9. The van der Waals surface area contributed by atoms with E-state index in [1.54, 1.807) is 0 Å². The molecule has 0 fully saturated rings. The van der Waals surface area contributed by atoms with Crippen molar-refractivity contribution >= 4 is 104 Å². The van der Waals surface area contributed by atoms with Crippen molar-refractivity contribution in [2.45, 2.75) is 13.1 Å². The zero-order chi connectivity index (χ0) is 46.2. The van der Waals surface area contributed by atoms with E-state index in [0.29, 0.717) is 5.82 Å². The van der Waals surface area contributed by atoms with Crippen molar-refractivity contribution in [3.63, 3.8) is 0 Å². The van der Waals surface area contributed by atoms with Crippen LogP contribution < -0.4 is 10.4 Å². The van der Waals surface area contributed by atoms with Crippen LogP contribution in [0.3, 0.4) is 0 Å². The second-order valence-electron chi connectivity index (χ2n) is 19.3. The zero-order valence-electron chi connectivity index (χ0n) is 38.5. The van der Waals surface area contributed by atoms with E-state index in [-0.39, 0.29) is 0 Å². The molecule has 0 atom stereocenters. The average molecular weight is 927 g/mol. The summed E-state index contributed by atoms with van der Waals surface area (Å²) in [5.41, 5.74) is 14.6. The first-order valence-corrected chi connectivity index (χ1v) is 27.9. The van der Waals surface area contributed by atoms with Crippen LogP contribution in [-0.2, 0) is 0 Å². The number of benzene rings is 10. The minimum atomic E-state index is -2.24. The van der Waals surface area contributed by atoms with Gasteiger partial charge in [-0.2, -0.15) is 0 Å². The highest BCUT2D eigenvalue weighted by Crippen LogP contribution is 2.46. The van der Waals surface area contributed by atoms with Gasteiger partial charge in [-0.15, -0.1) is 11.3 Å². The molecule has 1 aliphatic rings. The fourth-order valence-electron chi connectivity index (χ4n) is 12.1. The van der Waals surface area contributed by atoms with Crippen LogP contribution >= 0.6 is 11.3 Å². The van der Waals surface area contributed by atoms with Crippen LogP contribution in [0, 0.1) is 0 Å². The maximum absolute atomic E-state index is 5.75. The minimum absolute atomic E-state index is 0.712. The molecule has 4 aromatic heterocycles. The first kappa shape index (κ1) is 39.6. The van der Waals surface area contributed by atoms with E-state index in [0.717, 1.165) is 50.5 Å². The third kappa shape index (κ3) is 5.57. The summed E-state index contributed by atoms with van der Waals surface area (Å²) in [5.74, 6) is 0.712. The van der Waals surface area contributed by atoms with E-state index in [4.69, 9.17) is 9.97 Å². The Hall–Kier alpha value is -8.42. The summed E-state index contributed by atoms with van der Waals surface area (Å²) in [5, 5.41) is 12.9. The highest BCUT2D eigenvalue weighted by molar-refractivity contribution is 7.26. The lowest BCUT2D eigenvalue weighted by atomic mass is 9.94. The van der Waals surface area contributed by atoms with E-state index in [2.05, 4.69) is 241 Å². The highest BCUT2D eigenvalue weighted by atomic mass is 32.1. The summed E-state index contributed by atoms with van der Waals surface area (Å²) in [6.45, 7) is 5.08. The van der Waals surface area contributed by atoms with Crippen LogP contribution in [-0.4, -0.2) is 27.2 Å². The molecule has 0 saturated heterocycles. The molecule has 4 nitrogen and oxygen atoms in total. The number of rotatable bonds is 5. The van der Waals surface area contributed by atoms with E-state index in [1.165, 1.54) is 85.0 Å². The van der Waals surface area contributed by atoms with E-state index in [9.17, 15) is 0 Å². The second-order valence-corrected chi connectivity index (χ2v) is 24.6. The molecule has 1 aliphatic heterocycles. The quantitative estimate of drug-likeness (QED) is 0.161. The van der Waals surface area contributed by atoms with E-state index >= 15 is 0 Å². The van der Waals surface area contributed by atoms with Gasteiger partial charge in [-0.3, -0.25) is 0 Å². The number of aromatic nitrogens is 4. The van der Waals surface area contributed by atoms with Crippen molar-refractivity contribution in [2.24, 2.45) is 0 Å². The standard InChI is InChI=1S/C64H42N4SSi/c1-70(2)59-31-16-12-24-44(59)47-34-33-45-51(37-57-60(61(45)63(47)70)49-25-10-14-29-55(49)68(57)41-20-7-4-8-21-41)64-65-52(38-53(66-64)48-27-17-26-46-43-23-11-15-30-58(43)69-62(46)48)39-32-35-56-50(36-39)42-22-9-13-28-54(42)67(56)40-18-5-3-6-19-40/h3-38H,1-2H3. The van der Waals surface area contributed by atoms with Gasteiger partial charge in [-0.25, -0.2) is 9.97 Å². The van der Waals surface area contributed by atoms with Crippen LogP contribution in [0.4, 0.5) is 0 Å². The first-order valence-electron chi connectivity index (χ1n) is 24.1. The zero-order valence-corrected chi connectivity index (χ0v) is 40.3. The van der Waals surface area contributed by atoms with Gasteiger partial charge < -0.3 is 9.13 Å². The molecular weight excluding hydrogens is 885 g/mol. The lowest BCUT2D eigenvalue weighted by Gasteiger charge is -2.22. The molecule has 0 unspecified atom stereocenters. The van der Waals surface area contributed by atoms with Crippen molar-refractivity contribution in [2.75, 3.05) is 0 Å². The lowest BCUT2D eigenvalue weighted by molar-refractivity contribution is 1.17. The number of hydrogen-bond acceptors (Lipinski definition) is 3. The normalized spacial score (nSPS) is 13.1. The Morgan fingerprint density at radius 2 is 1.00 bits per heavy atom. The van der Waals surface area contributed by atoms with Crippen molar-refractivity contribution < 1.29 is 0 Å². The molecule has 0 radical (unpaired) electrons. The first-order chi connectivity index (χ1) is 34.5. The molecule has 15 rings (SSSR count). The lowest BCUT2D eigenvalue weighted by Crippen LogP contribution is -2.49. The minimum Gasteiger partial charge on any atom is -0.309 e. The van der Waals surface area contributed by atoms with Gasteiger partial charge in [0.15, 0.2) is 5.82 Å². The molecule has 0 N–H and O–H groups in total. The molecule has 10 aromatic carbocycles. The molecule has 0 bridgehead atoms. The van der Waals surface area contributed by atoms with Crippen LogP contribution in [0.25, 0.3) is 131 Å². The van der Waals surface area contributed by atoms with Crippen molar-refractivity contribution in [1.82, 2.24) is 19.1 Å². The fourth-order valence-corrected chi connectivity index (χ4v) is 16.7. The largest absolute Gasteiger partial charge is 0.309 e. The number of thiophene rings is 1. The molecule has 6 heteroatoms. The van der Waals surface area contributed by atoms with E-state index in [1.807, 2.05) is 11.3 Å². The SMILES string of the molecule is C[Si]1(C)c2ccccc2-c2ccc3c(-c4nc(-c5ccc6c(c5)c5ccccc5n6-c5ccccc5)cc(-c5cccc6c5sc5ccccc56)n4)cc4c(c5ccccc5n4-c4ccccc4)c3c21. The Labute approximate surface area is 409 Å². The maximum atomic E-state index is 5.75. The van der Waals surface area contributed by atoms with Crippen molar-refractivity contribution in [3.8, 4) is 56.4 Å². The summed E-state index contributed by atoms with van der Waals surface area (Å²) in [6.07, 6.45) is 0.